The summed E-state index contributed by atoms with van der Waals surface area (Å²) < 4.78 is 63.7. The van der Waals surface area contributed by atoms with E-state index < -0.39 is 26.7 Å². The number of hydrogen-bond acceptors (Lipinski definition) is 4. The molecule has 2 rings (SSSR count). The third-order valence-corrected chi connectivity index (χ3v) is 5.38. The lowest BCUT2D eigenvalue weighted by Gasteiger charge is -2.20. The number of halogens is 3. The molecule has 0 heterocycles. The first-order valence-electron chi connectivity index (χ1n) is 6.86. The molecule has 0 unspecified atom stereocenters. The molecule has 0 aliphatic heterocycles. The Bertz CT molecular complexity index is 909. The van der Waals surface area contributed by atoms with Gasteiger partial charge in [-0.25, -0.2) is 8.42 Å². The number of anilines is 1. The Hall–Kier alpha value is -2.62. The number of benzene rings is 2. The van der Waals surface area contributed by atoms with Crippen LogP contribution in [-0.2, 0) is 16.2 Å². The molecule has 6 nitrogen and oxygen atoms in total. The van der Waals surface area contributed by atoms with Crippen LogP contribution in [0.25, 0.3) is 0 Å². The van der Waals surface area contributed by atoms with Gasteiger partial charge in [-0.3, -0.25) is 14.4 Å². The van der Waals surface area contributed by atoms with Crippen molar-refractivity contribution in [3.63, 3.8) is 0 Å². The van der Waals surface area contributed by atoms with E-state index in [1.807, 2.05) is 0 Å². The van der Waals surface area contributed by atoms with E-state index in [2.05, 4.69) is 0 Å². The lowest BCUT2D eigenvalue weighted by molar-refractivity contribution is -0.385. The number of nitro benzene ring substituents is 1. The average molecular weight is 374 g/mol. The molecule has 0 radical (unpaired) electrons. The molecule has 0 aromatic heterocycles. The molecule has 0 saturated heterocycles. The quantitative estimate of drug-likeness (QED) is 0.603. The number of nitrogens with zero attached hydrogens (tertiary/aromatic N) is 2. The second kappa shape index (κ2) is 6.36. The molecule has 0 aliphatic rings. The fraction of sp³-hybridized carbons (Fsp3) is 0.200. The number of hydrogen-bond donors (Lipinski definition) is 0. The van der Waals surface area contributed by atoms with Crippen molar-refractivity contribution in [1.29, 1.82) is 0 Å². The Morgan fingerprint density at radius 1 is 1.08 bits per heavy atom. The Labute approximate surface area is 141 Å². The first-order valence-corrected chi connectivity index (χ1v) is 8.30. The molecule has 0 amide bonds. The summed E-state index contributed by atoms with van der Waals surface area (Å²) in [5.41, 5.74) is -0.979. The van der Waals surface area contributed by atoms with Gasteiger partial charge in [-0.1, -0.05) is 6.07 Å². The number of aryl methyl sites for hydroxylation is 1. The molecule has 2 aromatic rings. The molecular weight excluding hydrogens is 361 g/mol. The van der Waals surface area contributed by atoms with Gasteiger partial charge in [0.15, 0.2) is 0 Å². The fourth-order valence-electron chi connectivity index (χ4n) is 2.10. The lowest BCUT2D eigenvalue weighted by Crippen LogP contribution is -2.26. The summed E-state index contributed by atoms with van der Waals surface area (Å²) >= 11 is 0. The second-order valence-electron chi connectivity index (χ2n) is 5.22. The largest absolute Gasteiger partial charge is 0.416 e. The lowest BCUT2D eigenvalue weighted by atomic mass is 10.2. The highest BCUT2D eigenvalue weighted by atomic mass is 32.2. The highest BCUT2D eigenvalue weighted by molar-refractivity contribution is 7.92. The van der Waals surface area contributed by atoms with Crippen LogP contribution in [0.3, 0.4) is 0 Å². The van der Waals surface area contributed by atoms with Gasteiger partial charge in [0.25, 0.3) is 15.7 Å². The summed E-state index contributed by atoms with van der Waals surface area (Å²) in [7, 11) is -3.01. The third-order valence-electron chi connectivity index (χ3n) is 3.59. The molecule has 0 aliphatic carbocycles. The monoisotopic (exact) mass is 374 g/mol. The van der Waals surface area contributed by atoms with Crippen LogP contribution in [0.15, 0.2) is 47.4 Å². The fourth-order valence-corrected chi connectivity index (χ4v) is 3.32. The number of rotatable bonds is 4. The minimum Gasteiger partial charge on any atom is -0.269 e. The van der Waals surface area contributed by atoms with E-state index in [9.17, 15) is 31.7 Å². The smallest absolute Gasteiger partial charge is 0.269 e. The van der Waals surface area contributed by atoms with Gasteiger partial charge in [-0.15, -0.1) is 0 Å². The first-order chi connectivity index (χ1) is 11.4. The molecule has 0 bridgehead atoms. The van der Waals surface area contributed by atoms with Gasteiger partial charge < -0.3 is 0 Å². The van der Waals surface area contributed by atoms with Crippen LogP contribution < -0.4 is 4.31 Å². The minimum atomic E-state index is -4.53. The van der Waals surface area contributed by atoms with Crippen molar-refractivity contribution in [1.82, 2.24) is 0 Å². The molecule has 134 valence electrons. The molecule has 0 spiro atoms. The van der Waals surface area contributed by atoms with Crippen LogP contribution in [0.2, 0.25) is 0 Å². The molecular formula is C15H13F3N2O4S. The Kier molecular flexibility index (Phi) is 4.76. The highest BCUT2D eigenvalue weighted by Gasteiger charge is 2.31. The van der Waals surface area contributed by atoms with Crippen LogP contribution in [-0.4, -0.2) is 20.4 Å². The first kappa shape index (κ1) is 18.7. The van der Waals surface area contributed by atoms with Gasteiger partial charge >= 0.3 is 6.18 Å². The van der Waals surface area contributed by atoms with E-state index in [0.717, 1.165) is 41.7 Å². The van der Waals surface area contributed by atoms with E-state index in [4.69, 9.17) is 0 Å². The number of nitro groups is 1. The summed E-state index contributed by atoms with van der Waals surface area (Å²) in [6.07, 6.45) is -4.53. The van der Waals surface area contributed by atoms with Crippen molar-refractivity contribution >= 4 is 21.4 Å². The topological polar surface area (TPSA) is 80.5 Å². The summed E-state index contributed by atoms with van der Waals surface area (Å²) in [5, 5.41) is 11.0. The summed E-state index contributed by atoms with van der Waals surface area (Å²) in [6, 6.07) is 6.99. The molecule has 2 aromatic carbocycles. The van der Waals surface area contributed by atoms with Crippen molar-refractivity contribution in [2.45, 2.75) is 18.0 Å². The predicted molar refractivity (Wildman–Crippen MR) is 84.9 cm³/mol. The Morgan fingerprint density at radius 2 is 1.64 bits per heavy atom. The minimum absolute atomic E-state index is 0.00349. The van der Waals surface area contributed by atoms with Gasteiger partial charge in [0.2, 0.25) is 0 Å². The van der Waals surface area contributed by atoms with Gasteiger partial charge in [0.05, 0.1) is 21.1 Å². The summed E-state index contributed by atoms with van der Waals surface area (Å²) in [5.74, 6) is 0. The van der Waals surface area contributed by atoms with Crippen molar-refractivity contribution in [2.24, 2.45) is 0 Å². The maximum Gasteiger partial charge on any atom is 0.416 e. The maximum absolute atomic E-state index is 12.6. The van der Waals surface area contributed by atoms with E-state index in [1.165, 1.54) is 19.1 Å². The third kappa shape index (κ3) is 3.73. The number of alkyl halides is 3. The zero-order chi connectivity index (χ0) is 19.0. The Balaban J connectivity index is 2.42. The van der Waals surface area contributed by atoms with E-state index in [1.54, 1.807) is 0 Å². The highest BCUT2D eigenvalue weighted by Crippen LogP contribution is 2.32. The molecule has 0 saturated carbocycles. The van der Waals surface area contributed by atoms with Crippen molar-refractivity contribution in [3.8, 4) is 0 Å². The van der Waals surface area contributed by atoms with Crippen LogP contribution in [0, 0.1) is 17.0 Å². The SMILES string of the molecule is Cc1ccc(S(=O)(=O)N(C)c2ccc(C(F)(F)F)cc2)cc1[N+](=O)[O-]. The maximum atomic E-state index is 12.6. The van der Waals surface area contributed by atoms with Gasteiger partial charge in [-0.05, 0) is 37.3 Å². The summed E-state index contributed by atoms with van der Waals surface area (Å²) in [6.45, 7) is 1.47. The van der Waals surface area contributed by atoms with Crippen molar-refractivity contribution in [3.05, 3.63) is 63.7 Å². The zero-order valence-corrected chi connectivity index (χ0v) is 13.9. The van der Waals surface area contributed by atoms with E-state index in [0.29, 0.717) is 5.56 Å². The molecule has 0 N–H and O–H groups in total. The predicted octanol–water partition coefficient (Wildman–Crippen LogP) is 3.75. The molecule has 10 heteroatoms. The van der Waals surface area contributed by atoms with Crippen LogP contribution in [0.5, 0.6) is 0 Å². The average Bonchev–Trinajstić information content (AvgIpc) is 2.53. The van der Waals surface area contributed by atoms with Crippen molar-refractivity contribution in [2.75, 3.05) is 11.4 Å². The van der Waals surface area contributed by atoms with E-state index in [-0.39, 0.29) is 16.3 Å². The van der Waals surface area contributed by atoms with Gasteiger partial charge in [0.1, 0.15) is 0 Å². The van der Waals surface area contributed by atoms with Crippen LogP contribution in [0.4, 0.5) is 24.5 Å². The standard InChI is InChI=1S/C15H13F3N2O4S/c1-10-3-8-13(9-14(10)20(21)22)25(23,24)19(2)12-6-4-11(5-7-12)15(16,17)18/h3-9H,1-2H3. The second-order valence-corrected chi connectivity index (χ2v) is 7.19. The zero-order valence-electron chi connectivity index (χ0n) is 13.1. The molecule has 25 heavy (non-hydrogen) atoms. The van der Waals surface area contributed by atoms with Crippen molar-refractivity contribution < 1.29 is 26.5 Å². The van der Waals surface area contributed by atoms with Gasteiger partial charge in [0, 0.05) is 18.7 Å². The molecule has 0 fully saturated rings. The summed E-state index contributed by atoms with van der Waals surface area (Å²) in [4.78, 5) is 9.93. The van der Waals surface area contributed by atoms with Gasteiger partial charge in [-0.2, -0.15) is 13.2 Å². The van der Waals surface area contributed by atoms with Crippen LogP contribution in [0.1, 0.15) is 11.1 Å². The Morgan fingerprint density at radius 3 is 2.12 bits per heavy atom. The molecule has 0 atom stereocenters. The normalized spacial score (nSPS) is 12.0. The van der Waals surface area contributed by atoms with E-state index >= 15 is 0 Å². The number of sulfonamides is 1. The van der Waals surface area contributed by atoms with Crippen LogP contribution >= 0.6 is 0 Å².